The van der Waals surface area contributed by atoms with Crippen LogP contribution in [0.2, 0.25) is 0 Å². The maximum absolute atomic E-state index is 6.34. The molecule has 0 radical (unpaired) electrons. The van der Waals surface area contributed by atoms with Gasteiger partial charge >= 0.3 is 0 Å². The molecule has 1 aliphatic rings. The van der Waals surface area contributed by atoms with E-state index in [0.29, 0.717) is 12.1 Å². The van der Waals surface area contributed by atoms with E-state index in [4.69, 9.17) is 4.74 Å². The molecule has 0 bridgehead atoms. The molecule has 1 N–H and O–H groups in total. The van der Waals surface area contributed by atoms with Crippen molar-refractivity contribution in [2.45, 2.75) is 58.6 Å². The van der Waals surface area contributed by atoms with Crippen LogP contribution >= 0.6 is 0 Å². The van der Waals surface area contributed by atoms with E-state index in [2.05, 4.69) is 51.3 Å². The third-order valence-electron chi connectivity index (χ3n) is 4.47. The Morgan fingerprint density at radius 1 is 1.26 bits per heavy atom. The van der Waals surface area contributed by atoms with E-state index in [1.165, 1.54) is 36.8 Å². The number of likely N-dealkylation sites (N-methyl/N-ethyl adjacent to an activating group) is 1. The monoisotopic (exact) mass is 261 g/mol. The first-order valence-electron chi connectivity index (χ1n) is 7.55. The molecule has 2 nitrogen and oxygen atoms in total. The van der Waals surface area contributed by atoms with Gasteiger partial charge in [-0.05, 0) is 63.3 Å². The Hall–Kier alpha value is -1.02. The third-order valence-corrected chi connectivity index (χ3v) is 4.47. The summed E-state index contributed by atoms with van der Waals surface area (Å²) in [5, 5.41) is 3.43. The highest BCUT2D eigenvalue weighted by Crippen LogP contribution is 2.31. The quantitative estimate of drug-likeness (QED) is 0.889. The Morgan fingerprint density at radius 2 is 2.05 bits per heavy atom. The lowest BCUT2D eigenvalue weighted by Crippen LogP contribution is -2.45. The second kappa shape index (κ2) is 6.42. The predicted octanol–water partition coefficient (Wildman–Crippen LogP) is 3.85. The topological polar surface area (TPSA) is 21.3 Å². The van der Waals surface area contributed by atoms with Crippen LogP contribution in [0.15, 0.2) is 18.2 Å². The van der Waals surface area contributed by atoms with Gasteiger partial charge in [-0.1, -0.05) is 25.5 Å². The minimum atomic E-state index is 0.309. The van der Waals surface area contributed by atoms with Gasteiger partial charge < -0.3 is 10.1 Å². The molecule has 2 rings (SSSR count). The zero-order chi connectivity index (χ0) is 13.8. The summed E-state index contributed by atoms with van der Waals surface area (Å²) >= 11 is 0. The maximum Gasteiger partial charge on any atom is 0.122 e. The second-order valence-electron chi connectivity index (χ2n) is 5.91. The van der Waals surface area contributed by atoms with Crippen molar-refractivity contribution in [1.82, 2.24) is 5.32 Å². The highest BCUT2D eigenvalue weighted by molar-refractivity contribution is 5.36. The number of hydrogen-bond acceptors (Lipinski definition) is 2. The van der Waals surface area contributed by atoms with Crippen LogP contribution in [-0.4, -0.2) is 19.2 Å². The first kappa shape index (κ1) is 14.4. The molecule has 0 aliphatic heterocycles. The van der Waals surface area contributed by atoms with E-state index < -0.39 is 0 Å². The van der Waals surface area contributed by atoms with E-state index >= 15 is 0 Å². The summed E-state index contributed by atoms with van der Waals surface area (Å²) in [5.74, 6) is 1.88. The van der Waals surface area contributed by atoms with Crippen LogP contribution in [0.3, 0.4) is 0 Å². The van der Waals surface area contributed by atoms with Crippen molar-refractivity contribution in [3.8, 4) is 5.75 Å². The molecule has 1 aromatic rings. The number of benzene rings is 1. The average molecular weight is 261 g/mol. The van der Waals surface area contributed by atoms with Crippen LogP contribution in [0.25, 0.3) is 0 Å². The molecule has 19 heavy (non-hydrogen) atoms. The first-order valence-corrected chi connectivity index (χ1v) is 7.55. The normalized spacial score (nSPS) is 27.3. The summed E-state index contributed by atoms with van der Waals surface area (Å²) in [5.41, 5.74) is 2.50. The Labute approximate surface area is 117 Å². The van der Waals surface area contributed by atoms with Crippen molar-refractivity contribution < 1.29 is 4.74 Å². The minimum absolute atomic E-state index is 0.309. The Morgan fingerprint density at radius 3 is 2.74 bits per heavy atom. The Kier molecular flexibility index (Phi) is 4.87. The van der Waals surface area contributed by atoms with E-state index in [1.807, 2.05) is 0 Å². The number of rotatable bonds is 4. The molecule has 3 unspecified atom stereocenters. The van der Waals surface area contributed by atoms with Gasteiger partial charge in [-0.3, -0.25) is 0 Å². The molecule has 0 aromatic heterocycles. The summed E-state index contributed by atoms with van der Waals surface area (Å²) in [6, 6.07) is 6.95. The zero-order valence-electron chi connectivity index (χ0n) is 12.7. The van der Waals surface area contributed by atoms with Gasteiger partial charge in [-0.2, -0.15) is 0 Å². The summed E-state index contributed by atoms with van der Waals surface area (Å²) < 4.78 is 6.34. The van der Waals surface area contributed by atoms with Gasteiger partial charge in [0.15, 0.2) is 0 Å². The molecule has 106 valence electrons. The van der Waals surface area contributed by atoms with Gasteiger partial charge in [0.25, 0.3) is 0 Å². The van der Waals surface area contributed by atoms with Crippen molar-refractivity contribution in [2.24, 2.45) is 5.92 Å². The fraction of sp³-hybridized carbons (Fsp3) is 0.647. The second-order valence-corrected chi connectivity index (χ2v) is 5.91. The summed E-state index contributed by atoms with van der Waals surface area (Å²) in [7, 11) is 2.05. The molecule has 0 spiro atoms. The lowest BCUT2D eigenvalue weighted by molar-refractivity contribution is 0.0876. The largest absolute Gasteiger partial charge is 0.489 e. The first-order chi connectivity index (χ1) is 9.13. The van der Waals surface area contributed by atoms with Crippen molar-refractivity contribution in [3.05, 3.63) is 29.3 Å². The summed E-state index contributed by atoms with van der Waals surface area (Å²) in [4.78, 5) is 0. The molecule has 1 aliphatic carbocycles. The molecule has 1 fully saturated rings. The Bertz CT molecular complexity index is 416. The molecule has 0 amide bonds. The number of nitrogens with one attached hydrogen (secondary N) is 1. The van der Waals surface area contributed by atoms with Crippen LogP contribution in [-0.2, 0) is 0 Å². The number of ether oxygens (including phenoxy) is 1. The van der Waals surface area contributed by atoms with E-state index in [9.17, 15) is 0 Å². The Balaban J connectivity index is 2.11. The summed E-state index contributed by atoms with van der Waals surface area (Å²) in [6.07, 6.45) is 5.31. The molecule has 1 aromatic carbocycles. The van der Waals surface area contributed by atoms with Crippen LogP contribution in [0.5, 0.6) is 5.75 Å². The predicted molar refractivity (Wildman–Crippen MR) is 80.8 cm³/mol. The van der Waals surface area contributed by atoms with Crippen molar-refractivity contribution in [1.29, 1.82) is 0 Å². The van der Waals surface area contributed by atoms with Gasteiger partial charge in [-0.15, -0.1) is 0 Å². The van der Waals surface area contributed by atoms with E-state index in [0.717, 1.165) is 11.7 Å². The van der Waals surface area contributed by atoms with Gasteiger partial charge in [0, 0.05) is 6.04 Å². The fourth-order valence-corrected chi connectivity index (χ4v) is 3.04. The lowest BCUT2D eigenvalue weighted by Gasteiger charge is -2.36. The average Bonchev–Trinajstić information content (AvgIpc) is 2.42. The van der Waals surface area contributed by atoms with Gasteiger partial charge in [0.2, 0.25) is 0 Å². The zero-order valence-corrected chi connectivity index (χ0v) is 12.7. The van der Waals surface area contributed by atoms with Crippen LogP contribution in [0, 0.1) is 19.8 Å². The van der Waals surface area contributed by atoms with Crippen LogP contribution in [0.4, 0.5) is 0 Å². The SMILES string of the molecule is CCC1CCC(NC)C(Oc2cc(C)ccc2C)C1. The molecule has 2 heteroatoms. The van der Waals surface area contributed by atoms with Crippen molar-refractivity contribution >= 4 is 0 Å². The molecule has 0 saturated heterocycles. The molecule has 0 heterocycles. The van der Waals surface area contributed by atoms with Crippen LogP contribution < -0.4 is 10.1 Å². The van der Waals surface area contributed by atoms with Crippen molar-refractivity contribution in [2.75, 3.05) is 7.05 Å². The maximum atomic E-state index is 6.34. The number of hydrogen-bond donors (Lipinski definition) is 1. The van der Waals surface area contributed by atoms with Gasteiger partial charge in [0.05, 0.1) is 0 Å². The lowest BCUT2D eigenvalue weighted by atomic mass is 9.82. The molecule has 1 saturated carbocycles. The molecular formula is C17H27NO. The molecular weight excluding hydrogens is 234 g/mol. The van der Waals surface area contributed by atoms with Gasteiger partial charge in [0.1, 0.15) is 11.9 Å². The third kappa shape index (κ3) is 3.50. The highest BCUT2D eigenvalue weighted by atomic mass is 16.5. The van der Waals surface area contributed by atoms with E-state index in [-0.39, 0.29) is 0 Å². The van der Waals surface area contributed by atoms with Crippen molar-refractivity contribution in [3.63, 3.8) is 0 Å². The fourth-order valence-electron chi connectivity index (χ4n) is 3.04. The molecule has 3 atom stereocenters. The van der Waals surface area contributed by atoms with Crippen LogP contribution in [0.1, 0.15) is 43.7 Å². The minimum Gasteiger partial charge on any atom is -0.489 e. The van der Waals surface area contributed by atoms with E-state index in [1.54, 1.807) is 0 Å². The smallest absolute Gasteiger partial charge is 0.122 e. The highest BCUT2D eigenvalue weighted by Gasteiger charge is 2.30. The standard InChI is InChI=1S/C17H27NO/c1-5-14-8-9-15(18-4)17(11-14)19-16-10-12(2)6-7-13(16)3/h6-7,10,14-15,17-18H,5,8-9,11H2,1-4H3. The summed E-state index contributed by atoms with van der Waals surface area (Å²) in [6.45, 7) is 6.54. The van der Waals surface area contributed by atoms with Gasteiger partial charge in [-0.25, -0.2) is 0 Å². The number of aryl methyl sites for hydroxylation is 2.